The predicted molar refractivity (Wildman–Crippen MR) is 99.7 cm³/mol. The van der Waals surface area contributed by atoms with E-state index in [1.54, 1.807) is 30.3 Å². The highest BCUT2D eigenvalue weighted by atomic mass is 35.5. The standard InChI is InChI=1S/C20H12ClF2NO3/c21-16(9-12-6-5-11-3-1-2-4-14(11)18(12)23)19(25)24-17-8-7-13(22)10-15(17)20(26)27/h1-10H,(H,24,25)(H,26,27). The molecule has 0 unspecified atom stereocenters. The van der Waals surface area contributed by atoms with Gasteiger partial charge in [-0.2, -0.15) is 0 Å². The molecule has 0 atom stereocenters. The SMILES string of the molecule is O=C(Nc1ccc(F)cc1C(=O)O)C(Cl)=Cc1ccc2ccccc2c1F. The molecule has 0 bridgehead atoms. The summed E-state index contributed by atoms with van der Waals surface area (Å²) in [6, 6.07) is 12.9. The van der Waals surface area contributed by atoms with Gasteiger partial charge in [0.05, 0.1) is 11.3 Å². The van der Waals surface area contributed by atoms with Crippen molar-refractivity contribution < 1.29 is 23.5 Å². The third kappa shape index (κ3) is 3.96. The maximum atomic E-state index is 14.6. The van der Waals surface area contributed by atoms with Crippen LogP contribution in [0.5, 0.6) is 0 Å². The lowest BCUT2D eigenvalue weighted by molar-refractivity contribution is -0.112. The van der Waals surface area contributed by atoms with Gasteiger partial charge in [0, 0.05) is 10.9 Å². The normalized spacial score (nSPS) is 11.4. The maximum absolute atomic E-state index is 14.6. The van der Waals surface area contributed by atoms with Crippen LogP contribution in [0.3, 0.4) is 0 Å². The summed E-state index contributed by atoms with van der Waals surface area (Å²) in [7, 11) is 0. The molecule has 0 aromatic heterocycles. The number of nitrogens with one attached hydrogen (secondary N) is 1. The highest BCUT2D eigenvalue weighted by Gasteiger charge is 2.16. The van der Waals surface area contributed by atoms with Gasteiger partial charge in [0.1, 0.15) is 16.7 Å². The molecule has 0 saturated heterocycles. The highest BCUT2D eigenvalue weighted by Crippen LogP contribution is 2.24. The third-order valence-electron chi connectivity index (χ3n) is 3.85. The van der Waals surface area contributed by atoms with E-state index in [9.17, 15) is 18.4 Å². The zero-order valence-electron chi connectivity index (χ0n) is 13.7. The molecule has 136 valence electrons. The third-order valence-corrected chi connectivity index (χ3v) is 4.13. The van der Waals surface area contributed by atoms with Crippen molar-refractivity contribution in [3.8, 4) is 0 Å². The Morgan fingerprint density at radius 1 is 1.04 bits per heavy atom. The van der Waals surface area contributed by atoms with Crippen molar-refractivity contribution in [1.82, 2.24) is 0 Å². The minimum atomic E-state index is -1.41. The first kappa shape index (κ1) is 18.5. The second-order valence-electron chi connectivity index (χ2n) is 5.63. The number of carbonyl (C=O) groups excluding carboxylic acids is 1. The number of rotatable bonds is 4. The Hall–Kier alpha value is -3.25. The fourth-order valence-corrected chi connectivity index (χ4v) is 2.71. The number of halogens is 3. The van der Waals surface area contributed by atoms with Crippen molar-refractivity contribution in [2.24, 2.45) is 0 Å². The molecule has 0 aliphatic heterocycles. The quantitative estimate of drug-likeness (QED) is 0.617. The van der Waals surface area contributed by atoms with Crippen molar-refractivity contribution in [3.05, 3.63) is 82.4 Å². The van der Waals surface area contributed by atoms with Crippen molar-refractivity contribution in [1.29, 1.82) is 0 Å². The molecular formula is C20H12ClF2NO3. The van der Waals surface area contributed by atoms with Gasteiger partial charge in [-0.15, -0.1) is 0 Å². The van der Waals surface area contributed by atoms with Crippen LogP contribution in [0.1, 0.15) is 15.9 Å². The Kier molecular flexibility index (Phi) is 5.19. The number of hydrogen-bond donors (Lipinski definition) is 2. The molecule has 0 fully saturated rings. The van der Waals surface area contributed by atoms with Crippen molar-refractivity contribution in [2.45, 2.75) is 0 Å². The molecule has 7 heteroatoms. The number of carbonyl (C=O) groups is 2. The van der Waals surface area contributed by atoms with Gasteiger partial charge < -0.3 is 10.4 Å². The molecule has 0 heterocycles. The van der Waals surface area contributed by atoms with Gasteiger partial charge in [-0.3, -0.25) is 4.79 Å². The van der Waals surface area contributed by atoms with Crippen molar-refractivity contribution in [3.63, 3.8) is 0 Å². The average Bonchev–Trinajstić information content (AvgIpc) is 2.65. The maximum Gasteiger partial charge on any atom is 0.337 e. The van der Waals surface area contributed by atoms with E-state index >= 15 is 0 Å². The van der Waals surface area contributed by atoms with Crippen LogP contribution < -0.4 is 5.32 Å². The molecule has 1 amide bonds. The summed E-state index contributed by atoms with van der Waals surface area (Å²) in [6.45, 7) is 0. The Labute approximate surface area is 157 Å². The number of carboxylic acids is 1. The molecule has 3 rings (SSSR count). The molecule has 4 nitrogen and oxygen atoms in total. The van der Waals surface area contributed by atoms with E-state index in [1.165, 1.54) is 6.07 Å². The minimum absolute atomic E-state index is 0.103. The summed E-state index contributed by atoms with van der Waals surface area (Å²) < 4.78 is 27.8. The lowest BCUT2D eigenvalue weighted by Crippen LogP contribution is -2.15. The van der Waals surface area contributed by atoms with Gasteiger partial charge >= 0.3 is 5.97 Å². The predicted octanol–water partition coefficient (Wildman–Crippen LogP) is 5.03. The summed E-state index contributed by atoms with van der Waals surface area (Å²) in [6.07, 6.45) is 1.14. The number of benzene rings is 3. The first-order valence-corrected chi connectivity index (χ1v) is 8.13. The summed E-state index contributed by atoms with van der Waals surface area (Å²) >= 11 is 5.96. The fourth-order valence-electron chi connectivity index (χ4n) is 2.55. The number of anilines is 1. The Balaban J connectivity index is 1.90. The fraction of sp³-hybridized carbons (Fsp3) is 0. The monoisotopic (exact) mass is 387 g/mol. The van der Waals surface area contributed by atoms with Crippen LogP contribution in [0.25, 0.3) is 16.8 Å². The van der Waals surface area contributed by atoms with Gasteiger partial charge in [0.15, 0.2) is 0 Å². The molecule has 27 heavy (non-hydrogen) atoms. The zero-order chi connectivity index (χ0) is 19.6. The van der Waals surface area contributed by atoms with E-state index in [-0.39, 0.29) is 16.3 Å². The Bertz CT molecular complexity index is 1100. The number of hydrogen-bond acceptors (Lipinski definition) is 2. The van der Waals surface area contributed by atoms with Gasteiger partial charge in [-0.05, 0) is 29.7 Å². The Morgan fingerprint density at radius 2 is 1.78 bits per heavy atom. The van der Waals surface area contributed by atoms with E-state index in [0.29, 0.717) is 10.8 Å². The average molecular weight is 388 g/mol. The van der Waals surface area contributed by atoms with Crippen molar-refractivity contribution >= 4 is 46.0 Å². The smallest absolute Gasteiger partial charge is 0.337 e. The van der Waals surface area contributed by atoms with E-state index in [4.69, 9.17) is 16.7 Å². The second-order valence-corrected chi connectivity index (χ2v) is 6.04. The molecule has 3 aromatic carbocycles. The van der Waals surface area contributed by atoms with Gasteiger partial charge in [0.25, 0.3) is 5.91 Å². The van der Waals surface area contributed by atoms with E-state index in [0.717, 1.165) is 24.3 Å². The van der Waals surface area contributed by atoms with Crippen LogP contribution in [0.2, 0.25) is 0 Å². The van der Waals surface area contributed by atoms with E-state index in [2.05, 4.69) is 5.32 Å². The summed E-state index contributed by atoms with van der Waals surface area (Å²) in [5, 5.41) is 12.1. The summed E-state index contributed by atoms with van der Waals surface area (Å²) in [4.78, 5) is 23.4. The van der Waals surface area contributed by atoms with E-state index in [1.807, 2.05) is 0 Å². The molecular weight excluding hydrogens is 376 g/mol. The molecule has 0 saturated carbocycles. The van der Waals surface area contributed by atoms with Crippen LogP contribution in [-0.2, 0) is 4.79 Å². The molecule has 3 aromatic rings. The van der Waals surface area contributed by atoms with Gasteiger partial charge in [-0.1, -0.05) is 48.0 Å². The minimum Gasteiger partial charge on any atom is -0.478 e. The van der Waals surface area contributed by atoms with Crippen LogP contribution in [0.4, 0.5) is 14.5 Å². The molecule has 0 aliphatic carbocycles. The second kappa shape index (κ2) is 7.55. The lowest BCUT2D eigenvalue weighted by Gasteiger charge is -2.08. The zero-order valence-corrected chi connectivity index (χ0v) is 14.4. The topological polar surface area (TPSA) is 66.4 Å². The van der Waals surface area contributed by atoms with Crippen molar-refractivity contribution in [2.75, 3.05) is 5.32 Å². The highest BCUT2D eigenvalue weighted by molar-refractivity contribution is 6.45. The number of carboxylic acid groups (broad SMARTS) is 1. The first-order valence-electron chi connectivity index (χ1n) is 7.75. The Morgan fingerprint density at radius 3 is 2.52 bits per heavy atom. The molecule has 0 aliphatic rings. The molecule has 2 N–H and O–H groups in total. The number of aromatic carboxylic acids is 1. The van der Waals surface area contributed by atoms with Crippen LogP contribution in [0.15, 0.2) is 59.6 Å². The number of amides is 1. The van der Waals surface area contributed by atoms with Gasteiger partial charge in [-0.25, -0.2) is 13.6 Å². The summed E-state index contributed by atoms with van der Waals surface area (Å²) in [5.74, 6) is -3.55. The van der Waals surface area contributed by atoms with Crippen LogP contribution in [0, 0.1) is 11.6 Å². The lowest BCUT2D eigenvalue weighted by atomic mass is 10.1. The largest absolute Gasteiger partial charge is 0.478 e. The first-order chi connectivity index (χ1) is 12.9. The number of fused-ring (bicyclic) bond motifs is 1. The van der Waals surface area contributed by atoms with Gasteiger partial charge in [0.2, 0.25) is 0 Å². The van der Waals surface area contributed by atoms with Crippen LogP contribution >= 0.6 is 11.6 Å². The van der Waals surface area contributed by atoms with E-state index < -0.39 is 29.1 Å². The molecule has 0 spiro atoms. The molecule has 0 radical (unpaired) electrons. The summed E-state index contributed by atoms with van der Waals surface area (Å²) in [5.41, 5.74) is -0.449. The van der Waals surface area contributed by atoms with Crippen LogP contribution in [-0.4, -0.2) is 17.0 Å².